The normalized spacial score (nSPS) is 63.7. The fourth-order valence-electron chi connectivity index (χ4n) is 10.0. The molecule has 6 saturated carbocycles. The molecule has 6 unspecified atom stereocenters. The van der Waals surface area contributed by atoms with E-state index < -0.39 is 0 Å². The van der Waals surface area contributed by atoms with Crippen molar-refractivity contribution in [2.24, 2.45) is 39.9 Å². The molecular weight excluding hydrogens is 294 g/mol. The van der Waals surface area contributed by atoms with Crippen LogP contribution < -0.4 is 0 Å². The Morgan fingerprint density at radius 3 is 2.79 bits per heavy atom. The fraction of sp³-hybridized carbons (Fsp3) is 0.909. The highest BCUT2D eigenvalue weighted by Gasteiger charge is 2.82. The average molecular weight is 328 g/mol. The monoisotopic (exact) mass is 327 g/mol. The van der Waals surface area contributed by atoms with Crippen molar-refractivity contribution in [2.45, 2.75) is 70.9 Å². The number of rotatable bonds is 1. The van der Waals surface area contributed by atoms with E-state index in [0.717, 1.165) is 23.8 Å². The van der Waals surface area contributed by atoms with Crippen molar-refractivity contribution in [1.29, 1.82) is 0 Å². The molecule has 1 N–H and O–H groups in total. The number of likely N-dealkylation sites (tertiary alicyclic amines) is 1. The summed E-state index contributed by atoms with van der Waals surface area (Å²) in [7, 11) is 0. The number of piperidine rings is 1. The van der Waals surface area contributed by atoms with E-state index in [0.29, 0.717) is 16.7 Å². The van der Waals surface area contributed by atoms with E-state index in [2.05, 4.69) is 25.3 Å². The topological polar surface area (TPSA) is 23.5 Å². The molecule has 1 heterocycles. The van der Waals surface area contributed by atoms with Crippen LogP contribution in [0, 0.1) is 39.9 Å². The summed E-state index contributed by atoms with van der Waals surface area (Å²) in [4.78, 5) is 2.88. The smallest absolute Gasteiger partial charge is 0.0812 e. The van der Waals surface area contributed by atoms with Gasteiger partial charge in [-0.15, -0.1) is 0 Å². The molecule has 1 aliphatic heterocycles. The summed E-state index contributed by atoms with van der Waals surface area (Å²) in [6, 6.07) is 0.769. The lowest BCUT2D eigenvalue weighted by Gasteiger charge is -2.67. The number of aliphatic hydroxyl groups excluding tert-OH is 1. The van der Waals surface area contributed by atoms with E-state index in [9.17, 15) is 5.11 Å². The first-order chi connectivity index (χ1) is 11.5. The summed E-state index contributed by atoms with van der Waals surface area (Å²) in [5.74, 6) is 3.07. The van der Waals surface area contributed by atoms with E-state index in [1.807, 2.05) is 0 Å². The maximum absolute atomic E-state index is 11.4. The zero-order chi connectivity index (χ0) is 16.5. The Balaban J connectivity index is 1.58. The SMILES string of the molecule is C=C1C2CC[C@@]3(C1O)C(C2)C12CCCC4(C)CN(CC)C1[C@H]3C[C@H]42. The molecule has 2 heteroatoms. The first kappa shape index (κ1) is 14.8. The van der Waals surface area contributed by atoms with Crippen LogP contribution in [0.2, 0.25) is 0 Å². The molecule has 2 spiro atoms. The van der Waals surface area contributed by atoms with Gasteiger partial charge in [0.15, 0.2) is 0 Å². The van der Waals surface area contributed by atoms with E-state index in [1.54, 1.807) is 0 Å². The summed E-state index contributed by atoms with van der Waals surface area (Å²) in [6.07, 6.45) is 9.47. The van der Waals surface area contributed by atoms with E-state index in [4.69, 9.17) is 0 Å². The second-order valence-corrected chi connectivity index (χ2v) is 10.6. The van der Waals surface area contributed by atoms with Gasteiger partial charge in [-0.3, -0.25) is 4.90 Å². The molecule has 132 valence electrons. The van der Waals surface area contributed by atoms with Crippen molar-refractivity contribution in [3.05, 3.63) is 12.2 Å². The molecule has 0 aromatic carbocycles. The number of nitrogens with zero attached hydrogens (tertiary/aromatic N) is 1. The minimum Gasteiger partial charge on any atom is -0.388 e. The molecule has 0 amide bonds. The van der Waals surface area contributed by atoms with Crippen molar-refractivity contribution in [3.63, 3.8) is 0 Å². The molecule has 7 fully saturated rings. The van der Waals surface area contributed by atoms with Gasteiger partial charge < -0.3 is 5.11 Å². The highest BCUT2D eigenvalue weighted by atomic mass is 16.3. The quantitative estimate of drug-likeness (QED) is 0.740. The van der Waals surface area contributed by atoms with Gasteiger partial charge in [0.1, 0.15) is 0 Å². The van der Waals surface area contributed by atoms with Gasteiger partial charge in [-0.2, -0.15) is 0 Å². The lowest BCUT2D eigenvalue weighted by atomic mass is 9.40. The van der Waals surface area contributed by atoms with Gasteiger partial charge in [0.25, 0.3) is 0 Å². The highest BCUT2D eigenvalue weighted by Crippen LogP contribution is 2.83. The zero-order valence-electron chi connectivity index (χ0n) is 15.4. The van der Waals surface area contributed by atoms with Crippen LogP contribution in [0.1, 0.15) is 58.8 Å². The Bertz CT molecular complexity index is 629. The Kier molecular flexibility index (Phi) is 2.55. The van der Waals surface area contributed by atoms with Gasteiger partial charge in [-0.25, -0.2) is 0 Å². The van der Waals surface area contributed by atoms with E-state index >= 15 is 0 Å². The van der Waals surface area contributed by atoms with Crippen molar-refractivity contribution in [2.75, 3.05) is 13.1 Å². The molecule has 24 heavy (non-hydrogen) atoms. The Morgan fingerprint density at radius 2 is 2.00 bits per heavy atom. The first-order valence-electron chi connectivity index (χ1n) is 10.6. The molecule has 0 aromatic rings. The number of hydrogen-bond donors (Lipinski definition) is 1. The van der Waals surface area contributed by atoms with Gasteiger partial charge in [0.2, 0.25) is 0 Å². The predicted octanol–water partition coefficient (Wildman–Crippen LogP) is 3.85. The molecule has 6 aliphatic carbocycles. The largest absolute Gasteiger partial charge is 0.388 e. The lowest BCUT2D eigenvalue weighted by Crippen LogP contribution is -2.65. The summed E-state index contributed by atoms with van der Waals surface area (Å²) < 4.78 is 0. The zero-order valence-corrected chi connectivity index (χ0v) is 15.4. The molecule has 0 radical (unpaired) electrons. The fourth-order valence-corrected chi connectivity index (χ4v) is 10.0. The van der Waals surface area contributed by atoms with Crippen LogP contribution >= 0.6 is 0 Å². The Labute approximate surface area is 146 Å². The molecule has 9 atom stereocenters. The molecule has 7 rings (SSSR count). The highest BCUT2D eigenvalue weighted by molar-refractivity contribution is 5.36. The van der Waals surface area contributed by atoms with Gasteiger partial charge in [-0.05, 0) is 85.1 Å². The maximum Gasteiger partial charge on any atom is 0.0812 e. The van der Waals surface area contributed by atoms with Crippen molar-refractivity contribution in [3.8, 4) is 0 Å². The van der Waals surface area contributed by atoms with E-state index in [-0.39, 0.29) is 11.5 Å². The van der Waals surface area contributed by atoms with Crippen molar-refractivity contribution >= 4 is 0 Å². The Morgan fingerprint density at radius 1 is 1.17 bits per heavy atom. The third-order valence-corrected chi connectivity index (χ3v) is 10.5. The minimum atomic E-state index is -0.201. The summed E-state index contributed by atoms with van der Waals surface area (Å²) in [5.41, 5.74) is 2.48. The van der Waals surface area contributed by atoms with Crippen LogP contribution in [-0.2, 0) is 0 Å². The molecule has 2 nitrogen and oxygen atoms in total. The third-order valence-electron chi connectivity index (χ3n) is 10.5. The average Bonchev–Trinajstić information content (AvgIpc) is 2.99. The van der Waals surface area contributed by atoms with Crippen molar-refractivity contribution in [1.82, 2.24) is 4.90 Å². The molecular formula is C22H33NO. The molecule has 7 bridgehead atoms. The molecule has 7 aliphatic rings. The summed E-state index contributed by atoms with van der Waals surface area (Å²) in [6.45, 7) is 11.9. The third kappa shape index (κ3) is 1.23. The second kappa shape index (κ2) is 4.14. The predicted molar refractivity (Wildman–Crippen MR) is 95.4 cm³/mol. The maximum atomic E-state index is 11.4. The second-order valence-electron chi connectivity index (χ2n) is 10.6. The van der Waals surface area contributed by atoms with Gasteiger partial charge in [0, 0.05) is 18.0 Å². The molecule has 1 saturated heterocycles. The van der Waals surface area contributed by atoms with E-state index in [1.165, 1.54) is 63.6 Å². The van der Waals surface area contributed by atoms with Gasteiger partial charge in [0.05, 0.1) is 6.10 Å². The Hall–Kier alpha value is -0.340. The summed E-state index contributed by atoms with van der Waals surface area (Å²) >= 11 is 0. The van der Waals surface area contributed by atoms with Crippen LogP contribution in [0.4, 0.5) is 0 Å². The number of hydrogen-bond acceptors (Lipinski definition) is 2. The van der Waals surface area contributed by atoms with Gasteiger partial charge in [-0.1, -0.05) is 26.8 Å². The standard InChI is InChI=1S/C22H33NO/c1-4-23-12-20(3)7-5-8-22-16(20)11-15(18(22)23)21-9-6-14(10-17(21)22)13(2)19(21)24/h14-19,24H,2,4-12H2,1,3H3/t14?,15-,16-,17?,18?,19?,20?,21+,22?/m1/s1. The van der Waals surface area contributed by atoms with Crippen LogP contribution in [-0.4, -0.2) is 35.2 Å². The molecule has 0 aromatic heterocycles. The first-order valence-corrected chi connectivity index (χ1v) is 10.6. The van der Waals surface area contributed by atoms with Crippen LogP contribution in [0.25, 0.3) is 0 Å². The van der Waals surface area contributed by atoms with Crippen LogP contribution in [0.5, 0.6) is 0 Å². The lowest BCUT2D eigenvalue weighted by molar-refractivity contribution is -0.186. The number of fused-ring (bicyclic) bond motifs is 2. The minimum absolute atomic E-state index is 0.197. The van der Waals surface area contributed by atoms with Crippen molar-refractivity contribution < 1.29 is 5.11 Å². The number of aliphatic hydroxyl groups is 1. The van der Waals surface area contributed by atoms with Gasteiger partial charge >= 0.3 is 0 Å². The van der Waals surface area contributed by atoms with Crippen LogP contribution in [0.15, 0.2) is 12.2 Å². The van der Waals surface area contributed by atoms with Crippen LogP contribution in [0.3, 0.4) is 0 Å². The summed E-state index contributed by atoms with van der Waals surface area (Å²) in [5, 5.41) is 11.4.